The Hall–Kier alpha value is -2.54. The number of hydrogen-bond acceptors (Lipinski definition) is 5. The lowest BCUT2D eigenvalue weighted by Crippen LogP contribution is -2.49. The Bertz CT molecular complexity index is 769. The number of nitrogens with one attached hydrogen (secondary N) is 2. The molecule has 0 spiro atoms. The van der Waals surface area contributed by atoms with E-state index in [0.717, 1.165) is 30.7 Å². The number of urea groups is 1. The fraction of sp³-hybridized carbons (Fsp3) is 0.565. The molecule has 1 unspecified atom stereocenters. The van der Waals surface area contributed by atoms with Crippen molar-refractivity contribution in [3.63, 3.8) is 0 Å². The highest BCUT2D eigenvalue weighted by molar-refractivity contribution is 5.95. The van der Waals surface area contributed by atoms with Gasteiger partial charge < -0.3 is 20.1 Å². The van der Waals surface area contributed by atoms with E-state index in [9.17, 15) is 9.59 Å². The lowest BCUT2D eigenvalue weighted by atomic mass is 9.92. The molecule has 1 aromatic carbocycles. The lowest BCUT2D eigenvalue weighted by Gasteiger charge is -2.36. The number of likely N-dealkylation sites (N-methyl/N-ethyl adjacent to an activating group) is 1. The number of benzene rings is 1. The summed E-state index contributed by atoms with van der Waals surface area (Å²) in [5, 5.41) is 5.79. The number of carbonyl (C=O) groups excluding carboxylic acids is 2. The Morgan fingerprint density at radius 3 is 2.43 bits per heavy atom. The summed E-state index contributed by atoms with van der Waals surface area (Å²) in [6, 6.07) is 6.99. The monoisotopic (exact) mass is 415 g/mol. The van der Waals surface area contributed by atoms with Crippen molar-refractivity contribution in [1.82, 2.24) is 15.5 Å². The topological polar surface area (TPSA) is 79.9 Å². The first kappa shape index (κ1) is 22.2. The van der Waals surface area contributed by atoms with Gasteiger partial charge in [0.1, 0.15) is 5.75 Å². The van der Waals surface area contributed by atoms with Gasteiger partial charge >= 0.3 is 12.0 Å². The van der Waals surface area contributed by atoms with Crippen LogP contribution in [0.3, 0.4) is 0 Å². The molecule has 2 N–H and O–H groups in total. The van der Waals surface area contributed by atoms with Crippen molar-refractivity contribution in [2.75, 3.05) is 26.8 Å². The third kappa shape index (κ3) is 5.14. The van der Waals surface area contributed by atoms with Crippen molar-refractivity contribution in [3.8, 4) is 5.75 Å². The molecule has 0 bridgehead atoms. The summed E-state index contributed by atoms with van der Waals surface area (Å²) >= 11 is 0. The molecule has 1 aliphatic heterocycles. The van der Waals surface area contributed by atoms with Crippen LogP contribution in [0.2, 0.25) is 0 Å². The third-order valence-corrected chi connectivity index (χ3v) is 5.96. The van der Waals surface area contributed by atoms with Gasteiger partial charge in [-0.25, -0.2) is 9.59 Å². The Balaban J connectivity index is 1.96. The average Bonchev–Trinajstić information content (AvgIpc) is 2.77. The zero-order chi connectivity index (χ0) is 21.5. The first-order valence-electron chi connectivity index (χ1n) is 10.9. The number of amides is 2. The Morgan fingerprint density at radius 1 is 1.13 bits per heavy atom. The maximum atomic E-state index is 13.0. The second-order valence-corrected chi connectivity index (χ2v) is 7.77. The van der Waals surface area contributed by atoms with Crippen molar-refractivity contribution in [2.24, 2.45) is 0 Å². The van der Waals surface area contributed by atoms with Crippen LogP contribution in [0.4, 0.5) is 4.79 Å². The molecule has 0 aromatic heterocycles. The van der Waals surface area contributed by atoms with E-state index in [0.29, 0.717) is 23.9 Å². The van der Waals surface area contributed by atoms with Gasteiger partial charge in [0.15, 0.2) is 0 Å². The normalized spacial score (nSPS) is 20.0. The zero-order valence-corrected chi connectivity index (χ0v) is 18.2. The van der Waals surface area contributed by atoms with Crippen LogP contribution in [0.15, 0.2) is 35.5 Å². The van der Waals surface area contributed by atoms with E-state index in [1.807, 2.05) is 24.3 Å². The number of rotatable bonds is 8. The summed E-state index contributed by atoms with van der Waals surface area (Å²) in [4.78, 5) is 27.8. The fourth-order valence-corrected chi connectivity index (χ4v) is 4.39. The first-order valence-corrected chi connectivity index (χ1v) is 10.9. The van der Waals surface area contributed by atoms with Gasteiger partial charge in [-0.15, -0.1) is 0 Å². The molecule has 0 radical (unpaired) electrons. The predicted molar refractivity (Wildman–Crippen MR) is 115 cm³/mol. The Labute approximate surface area is 178 Å². The minimum absolute atomic E-state index is 0.277. The molecule has 164 valence electrons. The molecule has 0 saturated heterocycles. The molecule has 1 atom stereocenters. The average molecular weight is 416 g/mol. The van der Waals surface area contributed by atoms with E-state index in [1.165, 1.54) is 19.3 Å². The van der Waals surface area contributed by atoms with E-state index in [-0.39, 0.29) is 12.6 Å². The fourth-order valence-electron chi connectivity index (χ4n) is 4.39. The van der Waals surface area contributed by atoms with E-state index in [2.05, 4.69) is 22.5 Å². The van der Waals surface area contributed by atoms with Crippen LogP contribution in [-0.4, -0.2) is 49.7 Å². The van der Waals surface area contributed by atoms with Crippen molar-refractivity contribution < 1.29 is 19.1 Å². The number of nitrogens with zero attached hydrogens (tertiary/aromatic N) is 1. The highest BCUT2D eigenvalue weighted by Gasteiger charge is 2.35. The van der Waals surface area contributed by atoms with Crippen LogP contribution >= 0.6 is 0 Å². The van der Waals surface area contributed by atoms with Gasteiger partial charge in [0.2, 0.25) is 0 Å². The van der Waals surface area contributed by atoms with Gasteiger partial charge in [0.25, 0.3) is 0 Å². The standard InChI is InChI=1S/C23H33N3O4/c1-4-26(17-9-7-6-8-10-17)15-19-20(22(27)30-5-2)21(25-23(28)24-19)16-11-13-18(29-3)14-12-16/h11-14,17,21H,4-10,15H2,1-3H3,(H2,24,25,28). The molecular formula is C23H33N3O4. The van der Waals surface area contributed by atoms with Gasteiger partial charge in [0.05, 0.1) is 25.3 Å². The minimum atomic E-state index is -0.566. The summed E-state index contributed by atoms with van der Waals surface area (Å²) in [7, 11) is 1.61. The van der Waals surface area contributed by atoms with Gasteiger partial charge in [-0.2, -0.15) is 0 Å². The van der Waals surface area contributed by atoms with Crippen LogP contribution in [0, 0.1) is 0 Å². The molecule has 3 rings (SSSR count). The van der Waals surface area contributed by atoms with Crippen LogP contribution in [0.25, 0.3) is 0 Å². The summed E-state index contributed by atoms with van der Waals surface area (Å²) < 4.78 is 10.6. The maximum absolute atomic E-state index is 13.0. The second kappa shape index (κ2) is 10.5. The molecule has 1 aliphatic carbocycles. The molecule has 2 aliphatic rings. The number of hydrogen-bond donors (Lipinski definition) is 2. The van der Waals surface area contributed by atoms with Gasteiger partial charge in [-0.1, -0.05) is 38.3 Å². The number of esters is 1. The Kier molecular flexibility index (Phi) is 7.74. The summed E-state index contributed by atoms with van der Waals surface area (Å²) in [6.07, 6.45) is 6.06. The Morgan fingerprint density at radius 2 is 1.83 bits per heavy atom. The summed E-state index contributed by atoms with van der Waals surface area (Å²) in [5.41, 5.74) is 1.91. The van der Waals surface area contributed by atoms with Gasteiger partial charge in [0, 0.05) is 18.3 Å². The quantitative estimate of drug-likeness (QED) is 0.635. The molecule has 1 fully saturated rings. The number of methoxy groups -OCH3 is 1. The van der Waals surface area contributed by atoms with E-state index in [1.54, 1.807) is 14.0 Å². The van der Waals surface area contributed by atoms with Crippen molar-refractivity contribution >= 4 is 12.0 Å². The molecule has 1 heterocycles. The molecule has 7 nitrogen and oxygen atoms in total. The highest BCUT2D eigenvalue weighted by atomic mass is 16.5. The molecule has 1 aromatic rings. The second-order valence-electron chi connectivity index (χ2n) is 7.77. The van der Waals surface area contributed by atoms with Crippen molar-refractivity contribution in [1.29, 1.82) is 0 Å². The van der Waals surface area contributed by atoms with Crippen molar-refractivity contribution in [2.45, 2.75) is 58.0 Å². The van der Waals surface area contributed by atoms with Gasteiger partial charge in [-0.05, 0) is 44.0 Å². The third-order valence-electron chi connectivity index (χ3n) is 5.96. The summed E-state index contributed by atoms with van der Waals surface area (Å²) in [5.74, 6) is 0.316. The number of carbonyl (C=O) groups is 2. The van der Waals surface area contributed by atoms with E-state index >= 15 is 0 Å². The zero-order valence-electron chi connectivity index (χ0n) is 18.2. The van der Waals surface area contributed by atoms with Crippen LogP contribution < -0.4 is 15.4 Å². The van der Waals surface area contributed by atoms with Gasteiger partial charge in [-0.3, -0.25) is 4.90 Å². The lowest BCUT2D eigenvalue weighted by molar-refractivity contribution is -0.139. The SMILES string of the molecule is CCOC(=O)C1=C(CN(CC)C2CCCCC2)NC(=O)NC1c1ccc(OC)cc1. The molecule has 2 amide bonds. The van der Waals surface area contributed by atoms with Crippen molar-refractivity contribution in [3.05, 3.63) is 41.1 Å². The van der Waals surface area contributed by atoms with E-state index in [4.69, 9.17) is 9.47 Å². The van der Waals surface area contributed by atoms with Crippen LogP contribution in [0.5, 0.6) is 5.75 Å². The summed E-state index contributed by atoms with van der Waals surface area (Å²) in [6.45, 7) is 5.58. The van der Waals surface area contributed by atoms with E-state index < -0.39 is 12.0 Å². The molecule has 7 heteroatoms. The predicted octanol–water partition coefficient (Wildman–Crippen LogP) is 3.52. The largest absolute Gasteiger partial charge is 0.497 e. The van der Waals surface area contributed by atoms with Crippen LogP contribution in [-0.2, 0) is 9.53 Å². The maximum Gasteiger partial charge on any atom is 0.338 e. The molecule has 30 heavy (non-hydrogen) atoms. The highest BCUT2D eigenvalue weighted by Crippen LogP contribution is 2.30. The first-order chi connectivity index (χ1) is 14.6. The van der Waals surface area contributed by atoms with Crippen LogP contribution in [0.1, 0.15) is 57.6 Å². The number of ether oxygens (including phenoxy) is 2. The molecular weight excluding hydrogens is 382 g/mol. The smallest absolute Gasteiger partial charge is 0.338 e. The molecule has 1 saturated carbocycles. The minimum Gasteiger partial charge on any atom is -0.497 e.